The Morgan fingerprint density at radius 1 is 1.29 bits per heavy atom. The summed E-state index contributed by atoms with van der Waals surface area (Å²) in [6, 6.07) is 9.11. The molecular weight excluding hydrogens is 332 g/mol. The molecule has 0 aliphatic carbocycles. The number of fused-ring (bicyclic) bond motifs is 1. The molecule has 1 aromatic carbocycles. The predicted molar refractivity (Wildman–Crippen MR) is 87.5 cm³/mol. The van der Waals surface area contributed by atoms with Crippen molar-refractivity contribution in [1.82, 2.24) is 25.1 Å². The highest BCUT2D eigenvalue weighted by molar-refractivity contribution is 7.99. The van der Waals surface area contributed by atoms with Crippen molar-refractivity contribution in [3.05, 3.63) is 56.7 Å². The maximum atomic E-state index is 11.5. The highest BCUT2D eigenvalue weighted by Crippen LogP contribution is 2.21. The third kappa shape index (κ3) is 3.06. The van der Waals surface area contributed by atoms with Crippen molar-refractivity contribution in [1.29, 1.82) is 5.26 Å². The molecule has 0 saturated heterocycles. The first-order valence-corrected chi connectivity index (χ1v) is 7.66. The lowest BCUT2D eigenvalue weighted by molar-refractivity contribution is 0.420. The topological polar surface area (TPSA) is 151 Å². The number of benzene rings is 1. The summed E-state index contributed by atoms with van der Waals surface area (Å²) in [5.41, 5.74) is -0.0126. The molecule has 0 aliphatic heterocycles. The van der Waals surface area contributed by atoms with Crippen molar-refractivity contribution in [3.8, 4) is 6.07 Å². The molecule has 0 unspecified atom stereocenters. The van der Waals surface area contributed by atoms with E-state index in [1.165, 1.54) is 0 Å². The van der Waals surface area contributed by atoms with Gasteiger partial charge in [0.25, 0.3) is 5.56 Å². The van der Waals surface area contributed by atoms with Gasteiger partial charge in [-0.05, 0) is 12.1 Å². The smallest absolute Gasteiger partial charge is 0.342 e. The molecule has 10 heteroatoms. The summed E-state index contributed by atoms with van der Waals surface area (Å²) in [5.74, 6) is -0.101. The molecule has 4 N–H and O–H groups in total. The van der Waals surface area contributed by atoms with Crippen LogP contribution in [0.5, 0.6) is 0 Å². The summed E-state index contributed by atoms with van der Waals surface area (Å²) >= 11 is 0.883. The lowest BCUT2D eigenvalue weighted by Gasteiger charge is -2.01. The van der Waals surface area contributed by atoms with E-state index in [1.807, 2.05) is 23.2 Å². The van der Waals surface area contributed by atoms with Crippen LogP contribution in [0.1, 0.15) is 5.82 Å². The van der Waals surface area contributed by atoms with Gasteiger partial charge in [0.2, 0.25) is 0 Å². The molecule has 3 aromatic rings. The second-order valence-electron chi connectivity index (χ2n) is 4.64. The van der Waals surface area contributed by atoms with E-state index < -0.39 is 11.2 Å². The molecule has 3 rings (SSSR count). The summed E-state index contributed by atoms with van der Waals surface area (Å²) in [7, 11) is 0. The quantitative estimate of drug-likeness (QED) is 0.312. The minimum Gasteiger partial charge on any atom is -0.510 e. The molecule has 0 atom stereocenters. The molecule has 2 heterocycles. The van der Waals surface area contributed by atoms with Crippen LogP contribution in [0.15, 0.2) is 44.6 Å². The maximum absolute atomic E-state index is 11.5. The Hall–Kier alpha value is -3.32. The average molecular weight is 342 g/mol. The van der Waals surface area contributed by atoms with Gasteiger partial charge in [0.1, 0.15) is 17.4 Å². The number of imidazole rings is 1. The fourth-order valence-electron chi connectivity index (χ4n) is 1.97. The number of allylic oxidation sites excluding steroid dienone is 1. The molecule has 24 heavy (non-hydrogen) atoms. The molecule has 0 fully saturated rings. The molecule has 120 valence electrons. The average Bonchev–Trinajstić information content (AvgIpc) is 2.98. The third-order valence-electron chi connectivity index (χ3n) is 3.05. The number of hydrogen-bond donors (Lipinski definition) is 4. The van der Waals surface area contributed by atoms with Crippen molar-refractivity contribution in [2.75, 3.05) is 5.75 Å². The Labute approximate surface area is 138 Å². The molecule has 0 radical (unpaired) electrons. The first-order chi connectivity index (χ1) is 11.6. The van der Waals surface area contributed by atoms with E-state index in [-0.39, 0.29) is 27.9 Å². The number of nitrogens with zero attached hydrogens (tertiary/aromatic N) is 3. The Kier molecular flexibility index (Phi) is 4.17. The van der Waals surface area contributed by atoms with Crippen LogP contribution in [0, 0.1) is 11.3 Å². The van der Waals surface area contributed by atoms with Gasteiger partial charge in [0, 0.05) is 0 Å². The zero-order chi connectivity index (χ0) is 17.1. The van der Waals surface area contributed by atoms with Gasteiger partial charge in [-0.25, -0.2) is 14.9 Å². The van der Waals surface area contributed by atoms with Crippen molar-refractivity contribution in [2.45, 2.75) is 5.03 Å². The highest BCUT2D eigenvalue weighted by atomic mass is 32.2. The van der Waals surface area contributed by atoms with Crippen LogP contribution in [0.2, 0.25) is 0 Å². The number of hydrogen-bond acceptors (Lipinski definition) is 7. The lowest BCUT2D eigenvalue weighted by atomic mass is 10.2. The summed E-state index contributed by atoms with van der Waals surface area (Å²) in [4.78, 5) is 31.7. The van der Waals surface area contributed by atoms with E-state index >= 15 is 0 Å². The fraction of sp³-hybridized carbons (Fsp3) is 0.0714. The van der Waals surface area contributed by atoms with Crippen molar-refractivity contribution >= 4 is 28.4 Å². The van der Waals surface area contributed by atoms with Gasteiger partial charge >= 0.3 is 5.69 Å². The number of nitriles is 1. The number of thioether (sulfide) groups is 1. The van der Waals surface area contributed by atoms with Crippen molar-refractivity contribution < 1.29 is 5.11 Å². The number of aliphatic hydroxyl groups excluding tert-OH is 1. The van der Waals surface area contributed by atoms with Crippen LogP contribution in [-0.4, -0.2) is 36.0 Å². The Morgan fingerprint density at radius 2 is 2.08 bits per heavy atom. The van der Waals surface area contributed by atoms with Crippen LogP contribution in [0.25, 0.3) is 16.6 Å². The van der Waals surface area contributed by atoms with Crippen LogP contribution in [0.3, 0.4) is 0 Å². The van der Waals surface area contributed by atoms with Gasteiger partial charge in [-0.2, -0.15) is 10.4 Å². The number of aromatic amines is 3. The third-order valence-corrected chi connectivity index (χ3v) is 4.02. The molecule has 0 aliphatic rings. The van der Waals surface area contributed by atoms with E-state index in [1.54, 1.807) is 12.1 Å². The van der Waals surface area contributed by atoms with E-state index in [0.717, 1.165) is 17.3 Å². The number of rotatable bonds is 4. The fourth-order valence-corrected chi connectivity index (χ4v) is 2.68. The van der Waals surface area contributed by atoms with Gasteiger partial charge in [-0.15, -0.1) is 0 Å². The van der Waals surface area contributed by atoms with Crippen molar-refractivity contribution in [3.63, 3.8) is 0 Å². The molecule has 0 amide bonds. The second kappa shape index (κ2) is 6.43. The number of aliphatic hydroxyl groups is 1. The normalized spacial score (nSPS) is 12.0. The zero-order valence-electron chi connectivity index (χ0n) is 12.0. The summed E-state index contributed by atoms with van der Waals surface area (Å²) in [6.07, 6.45) is 0. The molecule has 9 nitrogen and oxygen atoms in total. The maximum Gasteiger partial charge on any atom is 0.342 e. The summed E-state index contributed by atoms with van der Waals surface area (Å²) < 4.78 is 0. The minimum atomic E-state index is -0.718. The van der Waals surface area contributed by atoms with E-state index in [0.29, 0.717) is 5.52 Å². The second-order valence-corrected chi connectivity index (χ2v) is 5.60. The Morgan fingerprint density at radius 3 is 2.79 bits per heavy atom. The lowest BCUT2D eigenvalue weighted by Crippen LogP contribution is -2.25. The number of H-pyrrole nitrogens is 3. The van der Waals surface area contributed by atoms with E-state index in [9.17, 15) is 20.0 Å². The molecule has 0 spiro atoms. The molecule has 0 bridgehead atoms. The first kappa shape index (κ1) is 15.6. The van der Waals surface area contributed by atoms with Crippen LogP contribution < -0.4 is 11.2 Å². The predicted octanol–water partition coefficient (Wildman–Crippen LogP) is 0.919. The van der Waals surface area contributed by atoms with Crippen molar-refractivity contribution in [2.24, 2.45) is 0 Å². The van der Waals surface area contributed by atoms with E-state index in [4.69, 9.17) is 0 Å². The minimum absolute atomic E-state index is 0.0250. The van der Waals surface area contributed by atoms with E-state index in [2.05, 4.69) is 20.2 Å². The number of nitrogens with one attached hydrogen (secondary N) is 3. The van der Waals surface area contributed by atoms with Gasteiger partial charge in [0.05, 0.1) is 16.8 Å². The standard InChI is InChI=1S/C14H10N6O3S/c15-5-7(11-16-8-3-1-2-4-9(8)17-11)10(21)6-24-13-12(22)18-14(23)20-19-13/h1-4,21H,6H2,(H,16,17)(H2,18,20,22,23)/b10-7+. The van der Waals surface area contributed by atoms with Gasteiger partial charge in [-0.3, -0.25) is 9.78 Å². The SMILES string of the molecule is N#C/C(=C(\O)CSc1n[nH]c(=O)[nH]c1=O)c1nc2ccccc2[nH]1. The first-order valence-electron chi connectivity index (χ1n) is 6.67. The summed E-state index contributed by atoms with van der Waals surface area (Å²) in [6.45, 7) is 0. The highest BCUT2D eigenvalue weighted by Gasteiger charge is 2.14. The monoisotopic (exact) mass is 342 g/mol. The zero-order valence-corrected chi connectivity index (χ0v) is 12.8. The van der Waals surface area contributed by atoms with Gasteiger partial charge in [0.15, 0.2) is 10.9 Å². The Bertz CT molecular complexity index is 1050. The van der Waals surface area contributed by atoms with Crippen LogP contribution in [-0.2, 0) is 0 Å². The van der Waals surface area contributed by atoms with Gasteiger partial charge < -0.3 is 10.1 Å². The van der Waals surface area contributed by atoms with Crippen LogP contribution in [0.4, 0.5) is 0 Å². The number of aromatic nitrogens is 5. The molecule has 0 saturated carbocycles. The largest absolute Gasteiger partial charge is 0.510 e. The van der Waals surface area contributed by atoms with Gasteiger partial charge in [-0.1, -0.05) is 23.9 Å². The summed E-state index contributed by atoms with van der Waals surface area (Å²) in [5, 5.41) is 25.1. The van der Waals surface area contributed by atoms with Crippen LogP contribution >= 0.6 is 11.8 Å². The Balaban J connectivity index is 1.89. The number of para-hydroxylation sites is 2. The molecule has 2 aromatic heterocycles. The molecular formula is C14H10N6O3S.